The zero-order valence-electron chi connectivity index (χ0n) is 23.6. The molecule has 2 aliphatic rings. The molecular weight excluding hydrogens is 490 g/mol. The van der Waals surface area contributed by atoms with Gasteiger partial charge in [0.1, 0.15) is 11.5 Å². The van der Waals surface area contributed by atoms with Crippen LogP contribution in [-0.2, 0) is 19.2 Å². The zero-order valence-corrected chi connectivity index (χ0v) is 23.6. The maximum absolute atomic E-state index is 12.4. The number of carbonyl (C=O) groups is 6. The van der Waals surface area contributed by atoms with Crippen LogP contribution in [0.15, 0.2) is 36.0 Å². The molecule has 0 aromatic carbocycles. The van der Waals surface area contributed by atoms with Gasteiger partial charge in [0.15, 0.2) is 0 Å². The Morgan fingerprint density at radius 1 is 0.579 bits per heavy atom. The highest BCUT2D eigenvalue weighted by atomic mass is 16.2. The average molecular weight is 532 g/mol. The first-order valence-electron chi connectivity index (χ1n) is 13.2. The van der Waals surface area contributed by atoms with Gasteiger partial charge in [-0.1, -0.05) is 45.1 Å². The van der Waals surface area contributed by atoms with Crippen molar-refractivity contribution in [2.75, 3.05) is 45.8 Å². The highest BCUT2D eigenvalue weighted by molar-refractivity contribution is 6.28. The molecule has 2 rings (SSSR count). The fourth-order valence-corrected chi connectivity index (χ4v) is 3.99. The molecule has 8 amide bonds. The molecule has 2 aliphatic heterocycles. The molecule has 0 atom stereocenters. The second-order valence-corrected chi connectivity index (χ2v) is 8.28. The minimum atomic E-state index is -1.13. The van der Waals surface area contributed by atoms with E-state index in [9.17, 15) is 28.8 Å². The van der Waals surface area contributed by atoms with E-state index >= 15 is 0 Å². The quantitative estimate of drug-likeness (QED) is 0.184. The Bertz CT molecular complexity index is 938. The minimum absolute atomic E-state index is 0.134. The summed E-state index contributed by atoms with van der Waals surface area (Å²) in [6.45, 7) is 17.3. The van der Waals surface area contributed by atoms with E-state index in [0.29, 0.717) is 0 Å². The monoisotopic (exact) mass is 531 g/mol. The molecule has 0 N–H and O–H groups in total. The number of likely N-dealkylation sites (N-methyl/N-ethyl adjacent to an activating group) is 2. The van der Waals surface area contributed by atoms with Crippen LogP contribution in [0.1, 0.15) is 48.5 Å². The van der Waals surface area contributed by atoms with Gasteiger partial charge in [-0.3, -0.25) is 38.8 Å². The van der Waals surface area contributed by atoms with Crippen LogP contribution in [0, 0.1) is 5.92 Å². The summed E-state index contributed by atoms with van der Waals surface area (Å²) in [4.78, 5) is 80.4. The van der Waals surface area contributed by atoms with Crippen molar-refractivity contribution in [2.45, 2.75) is 48.5 Å². The average Bonchev–Trinajstić information content (AvgIpc) is 2.89. The first-order valence-corrected chi connectivity index (χ1v) is 13.2. The van der Waals surface area contributed by atoms with Gasteiger partial charge in [-0.15, -0.1) is 0 Å². The molecule has 0 aromatic heterocycles. The summed E-state index contributed by atoms with van der Waals surface area (Å²) in [6.07, 6.45) is 6.96. The number of carbonyl (C=O) groups excluding carboxylic acids is 6. The maximum atomic E-state index is 12.4. The molecule has 11 heteroatoms. The summed E-state index contributed by atoms with van der Waals surface area (Å²) in [5.74, 6) is -3.68. The molecule has 2 heterocycles. The topological polar surface area (TPSA) is 119 Å². The molecule has 11 nitrogen and oxygen atoms in total. The molecule has 2 fully saturated rings. The number of hydrogen-bond donors (Lipinski definition) is 0. The van der Waals surface area contributed by atoms with E-state index in [0.717, 1.165) is 19.6 Å². The summed E-state index contributed by atoms with van der Waals surface area (Å²) in [5.41, 5.74) is -0.155. The van der Waals surface area contributed by atoms with E-state index in [1.54, 1.807) is 27.7 Å². The van der Waals surface area contributed by atoms with Crippen molar-refractivity contribution in [1.29, 1.82) is 0 Å². The van der Waals surface area contributed by atoms with Crippen LogP contribution in [0.2, 0.25) is 0 Å². The summed E-state index contributed by atoms with van der Waals surface area (Å²) >= 11 is 0. The van der Waals surface area contributed by atoms with E-state index in [1.165, 1.54) is 50.0 Å². The first kappa shape index (κ1) is 32.4. The Labute approximate surface area is 225 Å². The smallest absolute Gasteiger partial charge is 0.304 e. The van der Waals surface area contributed by atoms with Crippen molar-refractivity contribution < 1.29 is 28.8 Å². The van der Waals surface area contributed by atoms with E-state index in [1.807, 2.05) is 0 Å². The Balaban J connectivity index is 0.000000905. The van der Waals surface area contributed by atoms with E-state index < -0.39 is 41.6 Å². The number of rotatable bonds is 10. The van der Waals surface area contributed by atoms with Crippen molar-refractivity contribution >= 4 is 35.7 Å². The Morgan fingerprint density at radius 3 is 1.32 bits per heavy atom. The van der Waals surface area contributed by atoms with Gasteiger partial charge in [0.05, 0.1) is 0 Å². The first-order chi connectivity index (χ1) is 18.1. The number of imide groups is 4. The second-order valence-electron chi connectivity index (χ2n) is 8.28. The van der Waals surface area contributed by atoms with Crippen molar-refractivity contribution in [3.8, 4) is 0 Å². The standard InChI is InChI=1S/C21H26N4O6.C6H15N/c1-5-22-16(26)14(17(27)23(6-2)20(22)30)12-10-9-11-13-15-18(28)24(7-3)21(31)25(8-4)19(15)29;1-4-7(5-2)6-3/h9-14H,5-8H2,1-4H3;4-6H2,1-3H3/b11-9+,12-10+;. The van der Waals surface area contributed by atoms with E-state index in [-0.39, 0.29) is 31.8 Å². The van der Waals surface area contributed by atoms with Crippen LogP contribution in [0.5, 0.6) is 0 Å². The van der Waals surface area contributed by atoms with Crippen LogP contribution in [0.3, 0.4) is 0 Å². The lowest BCUT2D eigenvalue weighted by Crippen LogP contribution is -2.59. The lowest BCUT2D eigenvalue weighted by molar-refractivity contribution is -0.146. The summed E-state index contributed by atoms with van der Waals surface area (Å²) in [6, 6.07) is -1.28. The second kappa shape index (κ2) is 15.6. The Kier molecular flexibility index (Phi) is 13.3. The number of allylic oxidation sites excluding steroid dienone is 4. The molecule has 0 aliphatic carbocycles. The van der Waals surface area contributed by atoms with Gasteiger partial charge in [-0.2, -0.15) is 0 Å². The van der Waals surface area contributed by atoms with Crippen molar-refractivity contribution in [1.82, 2.24) is 24.5 Å². The molecule has 0 spiro atoms. The third kappa shape index (κ3) is 7.25. The van der Waals surface area contributed by atoms with Gasteiger partial charge in [0.2, 0.25) is 11.8 Å². The molecule has 0 aromatic rings. The fraction of sp³-hybridized carbons (Fsp3) is 0.556. The van der Waals surface area contributed by atoms with Crippen LogP contribution >= 0.6 is 0 Å². The highest BCUT2D eigenvalue weighted by Gasteiger charge is 2.43. The lowest BCUT2D eigenvalue weighted by Gasteiger charge is -2.34. The fourth-order valence-electron chi connectivity index (χ4n) is 3.99. The summed E-state index contributed by atoms with van der Waals surface area (Å²) in [7, 11) is 0. The van der Waals surface area contributed by atoms with Crippen molar-refractivity contribution in [2.24, 2.45) is 5.92 Å². The van der Waals surface area contributed by atoms with E-state index in [2.05, 4.69) is 25.7 Å². The van der Waals surface area contributed by atoms with Gasteiger partial charge >= 0.3 is 12.1 Å². The highest BCUT2D eigenvalue weighted by Crippen LogP contribution is 2.19. The van der Waals surface area contributed by atoms with E-state index in [4.69, 9.17) is 0 Å². The van der Waals surface area contributed by atoms with Gasteiger partial charge in [-0.25, -0.2) is 9.59 Å². The van der Waals surface area contributed by atoms with Crippen LogP contribution in [0.4, 0.5) is 9.59 Å². The molecule has 0 unspecified atom stereocenters. The van der Waals surface area contributed by atoms with Gasteiger partial charge < -0.3 is 4.90 Å². The maximum Gasteiger partial charge on any atom is 0.333 e. The predicted molar refractivity (Wildman–Crippen MR) is 144 cm³/mol. The Morgan fingerprint density at radius 2 is 0.974 bits per heavy atom. The molecule has 2 saturated heterocycles. The SMILES string of the molecule is CCN(CC)CC.CCN1C(=O)C(=C/C=C/C=C/C2C(=O)N(CC)C(=O)N(CC)C2=O)C(=O)N(CC)C1=O. The number of nitrogens with zero attached hydrogens (tertiary/aromatic N) is 5. The third-order valence-corrected chi connectivity index (χ3v) is 6.33. The van der Waals surface area contributed by atoms with Crippen molar-refractivity contribution in [3.63, 3.8) is 0 Å². The normalized spacial score (nSPS) is 17.5. The Hall–Kier alpha value is -3.60. The molecular formula is C27H41N5O6. The zero-order chi connectivity index (χ0) is 29.0. The van der Waals surface area contributed by atoms with Crippen LogP contribution in [0.25, 0.3) is 0 Å². The number of hydrogen-bond acceptors (Lipinski definition) is 7. The van der Waals surface area contributed by atoms with Crippen molar-refractivity contribution in [3.05, 3.63) is 36.0 Å². The number of barbiturate groups is 2. The summed E-state index contributed by atoms with van der Waals surface area (Å²) < 4.78 is 0. The molecule has 210 valence electrons. The van der Waals surface area contributed by atoms with Gasteiger partial charge in [-0.05, 0) is 53.4 Å². The number of urea groups is 2. The predicted octanol–water partition coefficient (Wildman–Crippen LogP) is 2.65. The van der Waals surface area contributed by atoms with Gasteiger partial charge in [0.25, 0.3) is 11.8 Å². The summed E-state index contributed by atoms with van der Waals surface area (Å²) in [5, 5.41) is 0. The van der Waals surface area contributed by atoms with Gasteiger partial charge in [0, 0.05) is 26.2 Å². The van der Waals surface area contributed by atoms with Crippen LogP contribution in [-0.4, -0.2) is 106 Å². The molecule has 0 radical (unpaired) electrons. The largest absolute Gasteiger partial charge is 0.333 e. The number of amides is 8. The minimum Gasteiger partial charge on any atom is -0.304 e. The molecule has 38 heavy (non-hydrogen) atoms. The lowest BCUT2D eigenvalue weighted by atomic mass is 10.0. The molecule has 0 bridgehead atoms. The molecule has 0 saturated carbocycles. The third-order valence-electron chi connectivity index (χ3n) is 6.33. The van der Waals surface area contributed by atoms with Crippen LogP contribution < -0.4 is 0 Å².